The van der Waals surface area contributed by atoms with Gasteiger partial charge in [-0.1, -0.05) is 6.07 Å². The van der Waals surface area contributed by atoms with E-state index in [1.807, 2.05) is 5.43 Å². The molecule has 0 spiro atoms. The van der Waals surface area contributed by atoms with Gasteiger partial charge in [0.05, 0.1) is 10.5 Å². The van der Waals surface area contributed by atoms with E-state index in [4.69, 9.17) is 4.42 Å². The van der Waals surface area contributed by atoms with Gasteiger partial charge in [-0.25, -0.2) is 8.42 Å². The second-order valence-electron chi connectivity index (χ2n) is 4.91. The standard InChI is InChI=1S/C14H13F3N2O5S/c1-8-6-12(9(2)23-8)13(20)18-19-25(21,22)11-5-3-4-10(7-11)24-14(15,16)17/h3-7,19H,1-2H3,(H,18,20). The van der Waals surface area contributed by atoms with Crippen LogP contribution < -0.4 is 15.0 Å². The number of ether oxygens (including phenoxy) is 1. The fraction of sp³-hybridized carbons (Fsp3) is 0.214. The lowest BCUT2D eigenvalue weighted by Crippen LogP contribution is -2.41. The van der Waals surface area contributed by atoms with Crippen LogP contribution in [0, 0.1) is 13.8 Å². The molecule has 0 saturated heterocycles. The number of alkyl halides is 3. The van der Waals surface area contributed by atoms with Crippen LogP contribution in [0.5, 0.6) is 5.75 Å². The number of benzene rings is 1. The van der Waals surface area contributed by atoms with Crippen LogP contribution in [0.2, 0.25) is 0 Å². The average molecular weight is 378 g/mol. The van der Waals surface area contributed by atoms with Gasteiger partial charge in [-0.15, -0.1) is 18.0 Å². The van der Waals surface area contributed by atoms with Crippen LogP contribution in [0.3, 0.4) is 0 Å². The van der Waals surface area contributed by atoms with Gasteiger partial charge < -0.3 is 9.15 Å². The van der Waals surface area contributed by atoms with Crippen LogP contribution in [-0.2, 0) is 10.0 Å². The second kappa shape index (κ2) is 6.76. The molecule has 11 heteroatoms. The number of carbonyl (C=O) groups excluding carboxylic acids is 1. The van der Waals surface area contributed by atoms with E-state index >= 15 is 0 Å². The number of hydrogen-bond donors (Lipinski definition) is 2. The number of sulfonamides is 1. The molecule has 0 aliphatic heterocycles. The van der Waals surface area contributed by atoms with E-state index in [0.29, 0.717) is 11.8 Å². The predicted octanol–water partition coefficient (Wildman–Crippen LogP) is 2.42. The zero-order valence-corrected chi connectivity index (χ0v) is 13.8. The van der Waals surface area contributed by atoms with Gasteiger partial charge in [0.15, 0.2) is 0 Å². The highest BCUT2D eigenvalue weighted by Crippen LogP contribution is 2.24. The van der Waals surface area contributed by atoms with E-state index in [9.17, 15) is 26.4 Å². The molecular formula is C14H13F3N2O5S. The third kappa shape index (κ3) is 4.97. The summed E-state index contributed by atoms with van der Waals surface area (Å²) in [7, 11) is -4.31. The van der Waals surface area contributed by atoms with Crippen molar-refractivity contribution in [1.29, 1.82) is 0 Å². The van der Waals surface area contributed by atoms with Crippen molar-refractivity contribution in [2.75, 3.05) is 0 Å². The molecule has 0 aliphatic rings. The molecule has 1 aromatic heterocycles. The van der Waals surface area contributed by atoms with Crippen molar-refractivity contribution in [3.8, 4) is 5.75 Å². The monoisotopic (exact) mass is 378 g/mol. The van der Waals surface area contributed by atoms with Crippen molar-refractivity contribution in [2.24, 2.45) is 0 Å². The molecule has 0 unspecified atom stereocenters. The Balaban J connectivity index is 2.13. The molecule has 1 aromatic carbocycles. The average Bonchev–Trinajstić information content (AvgIpc) is 2.82. The second-order valence-corrected chi connectivity index (χ2v) is 6.59. The normalized spacial score (nSPS) is 12.0. The summed E-state index contributed by atoms with van der Waals surface area (Å²) < 4.78 is 69.6. The van der Waals surface area contributed by atoms with Gasteiger partial charge in [-0.2, -0.15) is 0 Å². The van der Waals surface area contributed by atoms with Gasteiger partial charge in [0.25, 0.3) is 15.9 Å². The van der Waals surface area contributed by atoms with Crippen molar-refractivity contribution in [3.05, 3.63) is 47.4 Å². The summed E-state index contributed by atoms with van der Waals surface area (Å²) in [5.74, 6) is -0.735. The van der Waals surface area contributed by atoms with Crippen LogP contribution in [0.25, 0.3) is 0 Å². The zero-order valence-electron chi connectivity index (χ0n) is 13.0. The number of rotatable bonds is 5. The van der Waals surface area contributed by atoms with Gasteiger partial charge >= 0.3 is 6.36 Å². The third-order valence-corrected chi connectivity index (χ3v) is 4.18. The van der Waals surface area contributed by atoms with E-state index in [0.717, 1.165) is 18.2 Å². The van der Waals surface area contributed by atoms with Gasteiger partial charge in [0.2, 0.25) is 0 Å². The number of aryl methyl sites for hydroxylation is 2. The lowest BCUT2D eigenvalue weighted by Gasteiger charge is -2.11. The Morgan fingerprint density at radius 3 is 2.44 bits per heavy atom. The Kier molecular flexibility index (Phi) is 5.09. The van der Waals surface area contributed by atoms with Gasteiger partial charge in [0.1, 0.15) is 17.3 Å². The van der Waals surface area contributed by atoms with Crippen LogP contribution in [0.15, 0.2) is 39.6 Å². The number of hydrogen-bond acceptors (Lipinski definition) is 5. The molecule has 1 heterocycles. The maximum atomic E-state index is 12.2. The van der Waals surface area contributed by atoms with Gasteiger partial charge in [-0.3, -0.25) is 10.2 Å². The molecule has 2 aromatic rings. The fourth-order valence-electron chi connectivity index (χ4n) is 1.93. The SMILES string of the molecule is Cc1cc(C(=O)NNS(=O)(=O)c2cccc(OC(F)(F)F)c2)c(C)o1. The molecule has 0 aliphatic carbocycles. The summed E-state index contributed by atoms with van der Waals surface area (Å²) in [5.41, 5.74) is 2.08. The van der Waals surface area contributed by atoms with Crippen molar-refractivity contribution in [2.45, 2.75) is 25.1 Å². The number of halogens is 3. The minimum Gasteiger partial charge on any atom is -0.466 e. The number of furan rings is 1. The summed E-state index contributed by atoms with van der Waals surface area (Å²) in [4.78, 5) is 13.2. The zero-order chi connectivity index (χ0) is 18.8. The highest BCUT2D eigenvalue weighted by Gasteiger charge is 2.31. The van der Waals surface area contributed by atoms with Gasteiger partial charge in [0, 0.05) is 6.07 Å². The summed E-state index contributed by atoms with van der Waals surface area (Å²) >= 11 is 0. The Hall–Kier alpha value is -2.53. The van der Waals surface area contributed by atoms with Crippen LogP contribution in [0.1, 0.15) is 21.9 Å². The minimum absolute atomic E-state index is 0.120. The summed E-state index contributed by atoms with van der Waals surface area (Å²) in [6, 6.07) is 5.15. The van der Waals surface area contributed by atoms with Crippen molar-refractivity contribution >= 4 is 15.9 Å². The molecule has 0 fully saturated rings. The van der Waals surface area contributed by atoms with E-state index in [1.165, 1.54) is 13.0 Å². The smallest absolute Gasteiger partial charge is 0.466 e. The lowest BCUT2D eigenvalue weighted by atomic mass is 10.2. The van der Waals surface area contributed by atoms with E-state index in [1.54, 1.807) is 11.8 Å². The number of nitrogens with one attached hydrogen (secondary N) is 2. The first-order chi connectivity index (χ1) is 11.5. The first kappa shape index (κ1) is 18.8. The van der Waals surface area contributed by atoms with E-state index in [-0.39, 0.29) is 11.3 Å². The highest BCUT2D eigenvalue weighted by atomic mass is 32.2. The molecular weight excluding hydrogens is 365 g/mol. The topological polar surface area (TPSA) is 97.6 Å². The predicted molar refractivity (Wildman–Crippen MR) is 79.1 cm³/mol. The Morgan fingerprint density at radius 1 is 1.20 bits per heavy atom. The number of carbonyl (C=O) groups is 1. The first-order valence-electron chi connectivity index (χ1n) is 6.73. The van der Waals surface area contributed by atoms with Crippen LogP contribution in [-0.4, -0.2) is 20.7 Å². The summed E-state index contributed by atoms with van der Waals surface area (Å²) in [5, 5.41) is 0. The van der Waals surface area contributed by atoms with Crippen molar-refractivity contribution in [1.82, 2.24) is 10.3 Å². The molecule has 0 bridgehead atoms. The Morgan fingerprint density at radius 2 is 1.88 bits per heavy atom. The molecule has 25 heavy (non-hydrogen) atoms. The third-order valence-electron chi connectivity index (χ3n) is 2.93. The summed E-state index contributed by atoms with van der Waals surface area (Å²) in [6.07, 6.45) is -4.96. The van der Waals surface area contributed by atoms with Gasteiger partial charge in [-0.05, 0) is 32.0 Å². The number of hydrazine groups is 1. The molecule has 0 radical (unpaired) electrons. The Bertz CT molecular complexity index is 890. The Labute approximate surface area is 140 Å². The van der Waals surface area contributed by atoms with E-state index in [2.05, 4.69) is 4.74 Å². The molecule has 2 N–H and O–H groups in total. The van der Waals surface area contributed by atoms with Crippen LogP contribution >= 0.6 is 0 Å². The van der Waals surface area contributed by atoms with Crippen molar-refractivity contribution < 1.29 is 35.5 Å². The maximum absolute atomic E-state index is 12.2. The summed E-state index contributed by atoms with van der Waals surface area (Å²) in [6.45, 7) is 3.13. The molecule has 2 rings (SSSR count). The van der Waals surface area contributed by atoms with E-state index < -0.39 is 32.9 Å². The van der Waals surface area contributed by atoms with Crippen molar-refractivity contribution in [3.63, 3.8) is 0 Å². The fourth-order valence-corrected chi connectivity index (χ4v) is 2.81. The lowest BCUT2D eigenvalue weighted by molar-refractivity contribution is -0.274. The minimum atomic E-state index is -4.96. The molecule has 1 amide bonds. The quantitative estimate of drug-likeness (QED) is 0.779. The molecule has 136 valence electrons. The highest BCUT2D eigenvalue weighted by molar-refractivity contribution is 7.89. The largest absolute Gasteiger partial charge is 0.573 e. The molecule has 0 atom stereocenters. The maximum Gasteiger partial charge on any atom is 0.573 e. The number of amides is 1. The first-order valence-corrected chi connectivity index (χ1v) is 8.21. The molecule has 0 saturated carbocycles. The van der Waals surface area contributed by atoms with Crippen LogP contribution in [0.4, 0.5) is 13.2 Å². The molecule has 7 nitrogen and oxygen atoms in total.